The summed E-state index contributed by atoms with van der Waals surface area (Å²) in [5.74, 6) is -0.0319. The molecule has 0 aliphatic carbocycles. The van der Waals surface area contributed by atoms with E-state index in [0.717, 1.165) is 5.56 Å². The SMILES string of the molecule is CC(NC(=O)CSc1nc2ccccc2c(=O)n1CCCO)c1ccc(Cl)cc1. The van der Waals surface area contributed by atoms with E-state index in [1.54, 1.807) is 30.3 Å². The molecule has 6 nitrogen and oxygen atoms in total. The molecule has 0 saturated heterocycles. The van der Waals surface area contributed by atoms with E-state index >= 15 is 0 Å². The Bertz CT molecular complexity index is 1050. The summed E-state index contributed by atoms with van der Waals surface area (Å²) in [6.07, 6.45) is 0.438. The number of para-hydroxylation sites is 1. The smallest absolute Gasteiger partial charge is 0.262 e. The summed E-state index contributed by atoms with van der Waals surface area (Å²) in [7, 11) is 0. The van der Waals surface area contributed by atoms with Crippen molar-refractivity contribution in [3.8, 4) is 0 Å². The number of aromatic nitrogens is 2. The molecule has 1 amide bonds. The van der Waals surface area contributed by atoms with Crippen molar-refractivity contribution in [2.45, 2.75) is 31.1 Å². The molecule has 1 unspecified atom stereocenters. The highest BCUT2D eigenvalue weighted by Gasteiger charge is 2.14. The average molecular weight is 432 g/mol. The highest BCUT2D eigenvalue weighted by atomic mass is 35.5. The average Bonchev–Trinajstić information content (AvgIpc) is 2.72. The summed E-state index contributed by atoms with van der Waals surface area (Å²) in [5.41, 5.74) is 1.38. The minimum atomic E-state index is -0.165. The molecule has 1 aromatic heterocycles. The second kappa shape index (κ2) is 9.91. The molecule has 2 N–H and O–H groups in total. The highest BCUT2D eigenvalue weighted by molar-refractivity contribution is 7.99. The Morgan fingerprint density at radius 1 is 1.24 bits per heavy atom. The molecule has 3 rings (SSSR count). The van der Waals surface area contributed by atoms with Gasteiger partial charge in [0.15, 0.2) is 5.16 Å². The fraction of sp³-hybridized carbons (Fsp3) is 0.286. The highest BCUT2D eigenvalue weighted by Crippen LogP contribution is 2.19. The van der Waals surface area contributed by atoms with Crippen LogP contribution in [0.15, 0.2) is 58.5 Å². The molecule has 152 valence electrons. The third kappa shape index (κ3) is 5.38. The zero-order valence-electron chi connectivity index (χ0n) is 16.0. The number of nitrogens with zero attached hydrogens (tertiary/aromatic N) is 2. The predicted octanol–water partition coefficient (Wildman–Crippen LogP) is 3.40. The molecule has 3 aromatic rings. The van der Waals surface area contributed by atoms with Crippen LogP contribution in [0, 0.1) is 0 Å². The van der Waals surface area contributed by atoms with E-state index in [9.17, 15) is 9.59 Å². The van der Waals surface area contributed by atoms with Crippen molar-refractivity contribution in [3.05, 3.63) is 69.5 Å². The Morgan fingerprint density at radius 2 is 1.97 bits per heavy atom. The summed E-state index contributed by atoms with van der Waals surface area (Å²) in [5, 5.41) is 13.7. The number of aliphatic hydroxyl groups excluding tert-OH is 1. The number of hydrogen-bond acceptors (Lipinski definition) is 5. The molecule has 1 heterocycles. The van der Waals surface area contributed by atoms with Gasteiger partial charge in [0, 0.05) is 18.2 Å². The van der Waals surface area contributed by atoms with Crippen LogP contribution in [-0.2, 0) is 11.3 Å². The first-order valence-electron chi connectivity index (χ1n) is 9.27. The number of halogens is 1. The van der Waals surface area contributed by atoms with E-state index < -0.39 is 0 Å². The molecule has 2 aromatic carbocycles. The Labute approximate surface area is 177 Å². The van der Waals surface area contributed by atoms with Crippen LogP contribution in [0.1, 0.15) is 24.9 Å². The molecule has 0 aliphatic heterocycles. The maximum atomic E-state index is 12.8. The summed E-state index contributed by atoms with van der Waals surface area (Å²) >= 11 is 7.11. The molecule has 0 bridgehead atoms. The van der Waals surface area contributed by atoms with E-state index in [-0.39, 0.29) is 29.9 Å². The lowest BCUT2D eigenvalue weighted by atomic mass is 10.1. The first kappa shape index (κ1) is 21.4. The molecule has 0 spiro atoms. The minimum Gasteiger partial charge on any atom is -0.396 e. The van der Waals surface area contributed by atoms with Gasteiger partial charge in [0.25, 0.3) is 5.56 Å². The van der Waals surface area contributed by atoms with Gasteiger partial charge in [-0.3, -0.25) is 14.2 Å². The number of carbonyl (C=O) groups excluding carboxylic acids is 1. The first-order valence-corrected chi connectivity index (χ1v) is 10.6. The molecule has 0 radical (unpaired) electrons. The van der Waals surface area contributed by atoms with Gasteiger partial charge < -0.3 is 10.4 Å². The molecular weight excluding hydrogens is 410 g/mol. The van der Waals surface area contributed by atoms with Crippen LogP contribution in [0.3, 0.4) is 0 Å². The Balaban J connectivity index is 1.74. The molecule has 0 saturated carbocycles. The van der Waals surface area contributed by atoms with Crippen LogP contribution in [0.2, 0.25) is 5.02 Å². The van der Waals surface area contributed by atoms with Gasteiger partial charge in [-0.05, 0) is 43.2 Å². The zero-order chi connectivity index (χ0) is 20.8. The van der Waals surface area contributed by atoms with Crippen LogP contribution in [0.5, 0.6) is 0 Å². The lowest BCUT2D eigenvalue weighted by Crippen LogP contribution is -2.29. The summed E-state index contributed by atoms with van der Waals surface area (Å²) in [4.78, 5) is 29.8. The van der Waals surface area contributed by atoms with Crippen LogP contribution in [0.25, 0.3) is 10.9 Å². The van der Waals surface area contributed by atoms with Crippen molar-refractivity contribution >= 4 is 40.2 Å². The number of carbonyl (C=O) groups is 1. The molecule has 29 heavy (non-hydrogen) atoms. The van der Waals surface area contributed by atoms with Gasteiger partial charge in [-0.25, -0.2) is 4.98 Å². The lowest BCUT2D eigenvalue weighted by molar-refractivity contribution is -0.119. The van der Waals surface area contributed by atoms with Gasteiger partial charge in [0.2, 0.25) is 5.91 Å². The first-order chi connectivity index (χ1) is 14.0. The Hall–Kier alpha value is -2.35. The van der Waals surface area contributed by atoms with Crippen molar-refractivity contribution < 1.29 is 9.90 Å². The summed E-state index contributed by atoms with van der Waals surface area (Å²) < 4.78 is 1.53. The third-order valence-corrected chi connectivity index (χ3v) is 5.67. The van der Waals surface area contributed by atoms with E-state index in [2.05, 4.69) is 10.3 Å². The maximum absolute atomic E-state index is 12.8. The Kier molecular flexibility index (Phi) is 7.30. The van der Waals surface area contributed by atoms with E-state index in [1.165, 1.54) is 16.3 Å². The van der Waals surface area contributed by atoms with Crippen LogP contribution in [0.4, 0.5) is 0 Å². The monoisotopic (exact) mass is 431 g/mol. The number of rotatable bonds is 8. The number of aliphatic hydroxyl groups is 1. The van der Waals surface area contributed by atoms with Crippen molar-refractivity contribution in [3.63, 3.8) is 0 Å². The number of benzene rings is 2. The van der Waals surface area contributed by atoms with Crippen molar-refractivity contribution in [1.29, 1.82) is 0 Å². The predicted molar refractivity (Wildman–Crippen MR) is 116 cm³/mol. The number of thioether (sulfide) groups is 1. The molecule has 0 aliphatic rings. The number of amides is 1. The van der Waals surface area contributed by atoms with Crippen LogP contribution < -0.4 is 10.9 Å². The molecule has 8 heteroatoms. The summed E-state index contributed by atoms with van der Waals surface area (Å²) in [6, 6.07) is 14.3. The number of nitrogens with one attached hydrogen (secondary N) is 1. The lowest BCUT2D eigenvalue weighted by Gasteiger charge is -2.15. The van der Waals surface area contributed by atoms with E-state index in [4.69, 9.17) is 16.7 Å². The van der Waals surface area contributed by atoms with Gasteiger partial charge in [-0.2, -0.15) is 0 Å². The topological polar surface area (TPSA) is 84.2 Å². The van der Waals surface area contributed by atoms with Crippen LogP contribution >= 0.6 is 23.4 Å². The van der Waals surface area contributed by atoms with Gasteiger partial charge in [-0.1, -0.05) is 47.6 Å². The van der Waals surface area contributed by atoms with E-state index in [0.29, 0.717) is 34.0 Å². The van der Waals surface area contributed by atoms with Crippen LogP contribution in [-0.4, -0.2) is 32.9 Å². The molecule has 1 atom stereocenters. The maximum Gasteiger partial charge on any atom is 0.262 e. The van der Waals surface area contributed by atoms with Gasteiger partial charge in [0.1, 0.15) is 0 Å². The molecule has 0 fully saturated rings. The van der Waals surface area contributed by atoms with E-state index in [1.807, 2.05) is 25.1 Å². The van der Waals surface area contributed by atoms with Crippen molar-refractivity contribution in [2.75, 3.05) is 12.4 Å². The quantitative estimate of drug-likeness (QED) is 0.422. The summed E-state index contributed by atoms with van der Waals surface area (Å²) in [6.45, 7) is 2.22. The fourth-order valence-electron chi connectivity index (χ4n) is 2.93. The van der Waals surface area contributed by atoms with Crippen molar-refractivity contribution in [1.82, 2.24) is 14.9 Å². The zero-order valence-corrected chi connectivity index (χ0v) is 17.5. The van der Waals surface area contributed by atoms with Gasteiger partial charge in [0.05, 0.1) is 22.7 Å². The van der Waals surface area contributed by atoms with Gasteiger partial charge >= 0.3 is 0 Å². The third-order valence-electron chi connectivity index (χ3n) is 4.45. The standard InChI is InChI=1S/C21H22ClN3O3S/c1-14(15-7-9-16(22)10-8-15)23-19(27)13-29-21-24-18-6-3-2-5-17(18)20(28)25(21)11-4-12-26/h2-3,5-10,14,26H,4,11-13H2,1H3,(H,23,27). The number of hydrogen-bond donors (Lipinski definition) is 2. The molecular formula is C21H22ClN3O3S. The second-order valence-corrected chi connectivity index (χ2v) is 7.95. The normalized spacial score (nSPS) is 12.1. The van der Waals surface area contributed by atoms with Gasteiger partial charge in [-0.15, -0.1) is 0 Å². The van der Waals surface area contributed by atoms with Crippen molar-refractivity contribution in [2.24, 2.45) is 0 Å². The largest absolute Gasteiger partial charge is 0.396 e. The minimum absolute atomic E-state index is 0.0253. The fourth-order valence-corrected chi connectivity index (χ4v) is 3.89. The number of fused-ring (bicyclic) bond motifs is 1. The second-order valence-electron chi connectivity index (χ2n) is 6.57. The Morgan fingerprint density at radius 3 is 2.69 bits per heavy atom.